The van der Waals surface area contributed by atoms with Crippen molar-refractivity contribution in [2.45, 2.75) is 19.0 Å². The Kier molecular flexibility index (Phi) is 3.99. The zero-order valence-corrected chi connectivity index (χ0v) is 12.4. The van der Waals surface area contributed by atoms with Crippen LogP contribution in [0.5, 0.6) is 5.75 Å². The van der Waals surface area contributed by atoms with Crippen LogP contribution >= 0.6 is 0 Å². The Morgan fingerprint density at radius 1 is 1.22 bits per heavy atom. The molecule has 0 bridgehead atoms. The molecule has 0 unspecified atom stereocenters. The van der Waals surface area contributed by atoms with Gasteiger partial charge in [0.15, 0.2) is 0 Å². The summed E-state index contributed by atoms with van der Waals surface area (Å²) >= 11 is 0. The number of hydrazine groups is 1. The van der Waals surface area contributed by atoms with Gasteiger partial charge in [0, 0.05) is 12.1 Å². The first-order valence-corrected chi connectivity index (χ1v) is 7.27. The number of aromatic hydroxyl groups is 1. The Bertz CT molecular complexity index is 743. The largest absolute Gasteiger partial charge is 0.508 e. The Balaban J connectivity index is 1.95. The monoisotopic (exact) mass is 311 g/mol. The molecule has 0 fully saturated rings. The molecule has 118 valence electrons. The zero-order valence-electron chi connectivity index (χ0n) is 12.4. The third-order valence-corrected chi connectivity index (χ3v) is 4.04. The number of rotatable bonds is 4. The molecule has 0 aromatic heterocycles. The predicted molar refractivity (Wildman–Crippen MR) is 84.1 cm³/mol. The van der Waals surface area contributed by atoms with Crippen molar-refractivity contribution in [2.75, 3.05) is 0 Å². The van der Waals surface area contributed by atoms with Crippen molar-refractivity contribution in [3.8, 4) is 5.75 Å². The highest BCUT2D eigenvalue weighted by Crippen LogP contribution is 2.33. The second-order valence-electron chi connectivity index (χ2n) is 5.47. The molecule has 4 N–H and O–H groups in total. The van der Waals surface area contributed by atoms with E-state index < -0.39 is 6.04 Å². The Labute approximate surface area is 133 Å². The van der Waals surface area contributed by atoms with E-state index in [1.807, 2.05) is 18.2 Å². The maximum Gasteiger partial charge on any atom is 0.255 e. The lowest BCUT2D eigenvalue weighted by atomic mass is 10.0. The van der Waals surface area contributed by atoms with Crippen LogP contribution in [0.2, 0.25) is 0 Å². The highest BCUT2D eigenvalue weighted by Gasteiger charge is 2.34. The number of amides is 2. The number of carbonyl (C=O) groups is 2. The summed E-state index contributed by atoms with van der Waals surface area (Å²) in [7, 11) is 0. The SMILES string of the molecule is NNC(=O)C[C@H](c1ccc(O)cc1)N1Cc2ccccc2C1=O. The van der Waals surface area contributed by atoms with Crippen molar-refractivity contribution in [3.63, 3.8) is 0 Å². The van der Waals surface area contributed by atoms with E-state index in [0.29, 0.717) is 12.1 Å². The van der Waals surface area contributed by atoms with Crippen LogP contribution in [-0.2, 0) is 11.3 Å². The molecule has 1 atom stereocenters. The van der Waals surface area contributed by atoms with Gasteiger partial charge in [-0.1, -0.05) is 30.3 Å². The topological polar surface area (TPSA) is 95.7 Å². The van der Waals surface area contributed by atoms with Crippen molar-refractivity contribution >= 4 is 11.8 Å². The van der Waals surface area contributed by atoms with Gasteiger partial charge in [-0.05, 0) is 29.3 Å². The Morgan fingerprint density at radius 3 is 2.57 bits per heavy atom. The van der Waals surface area contributed by atoms with E-state index in [-0.39, 0.29) is 24.0 Å². The molecule has 6 heteroatoms. The average Bonchev–Trinajstić information content (AvgIpc) is 2.90. The van der Waals surface area contributed by atoms with Gasteiger partial charge >= 0.3 is 0 Å². The van der Waals surface area contributed by atoms with Crippen LogP contribution in [0, 0.1) is 0 Å². The Hall–Kier alpha value is -2.86. The summed E-state index contributed by atoms with van der Waals surface area (Å²) in [6.45, 7) is 0.443. The maximum atomic E-state index is 12.7. The standard InChI is InChI=1S/C17H17N3O3/c18-19-16(22)9-15(11-5-7-13(21)8-6-11)20-10-12-3-1-2-4-14(12)17(20)23/h1-8,15,21H,9-10,18H2,(H,19,22)/t15-/m1/s1. The predicted octanol–water partition coefficient (Wildman–Crippen LogP) is 1.47. The van der Waals surface area contributed by atoms with Crippen LogP contribution in [0.15, 0.2) is 48.5 Å². The van der Waals surface area contributed by atoms with E-state index in [2.05, 4.69) is 5.43 Å². The van der Waals surface area contributed by atoms with Gasteiger partial charge < -0.3 is 10.0 Å². The van der Waals surface area contributed by atoms with Crippen molar-refractivity contribution in [1.82, 2.24) is 10.3 Å². The highest BCUT2D eigenvalue weighted by molar-refractivity contribution is 5.98. The van der Waals surface area contributed by atoms with Crippen LogP contribution in [0.3, 0.4) is 0 Å². The second kappa shape index (κ2) is 6.10. The van der Waals surface area contributed by atoms with Crippen LogP contribution in [0.1, 0.15) is 33.9 Å². The lowest BCUT2D eigenvalue weighted by molar-refractivity contribution is -0.122. The third-order valence-electron chi connectivity index (χ3n) is 4.04. The molecule has 2 aromatic carbocycles. The van der Waals surface area contributed by atoms with Gasteiger partial charge in [0.1, 0.15) is 5.75 Å². The molecule has 0 saturated heterocycles. The van der Waals surface area contributed by atoms with E-state index in [4.69, 9.17) is 5.84 Å². The lowest BCUT2D eigenvalue weighted by Crippen LogP contribution is -2.36. The number of phenolic OH excluding ortho intramolecular Hbond substituents is 1. The molecule has 0 spiro atoms. The van der Waals surface area contributed by atoms with Gasteiger partial charge in [0.05, 0.1) is 12.5 Å². The van der Waals surface area contributed by atoms with Crippen molar-refractivity contribution in [2.24, 2.45) is 5.84 Å². The summed E-state index contributed by atoms with van der Waals surface area (Å²) in [6.07, 6.45) is 0.0566. The normalized spacial score (nSPS) is 14.5. The number of hydrogen-bond acceptors (Lipinski definition) is 4. The van der Waals surface area contributed by atoms with Gasteiger partial charge in [0.2, 0.25) is 5.91 Å². The number of fused-ring (bicyclic) bond motifs is 1. The van der Waals surface area contributed by atoms with E-state index in [0.717, 1.165) is 11.1 Å². The summed E-state index contributed by atoms with van der Waals surface area (Å²) < 4.78 is 0. The van der Waals surface area contributed by atoms with Gasteiger partial charge in [-0.15, -0.1) is 0 Å². The first kappa shape index (κ1) is 15.1. The minimum absolute atomic E-state index is 0.0566. The summed E-state index contributed by atoms with van der Waals surface area (Å²) in [5, 5.41) is 9.45. The number of nitrogens with zero attached hydrogens (tertiary/aromatic N) is 1. The summed E-state index contributed by atoms with van der Waals surface area (Å²) in [6, 6.07) is 13.4. The van der Waals surface area contributed by atoms with E-state index in [9.17, 15) is 14.7 Å². The van der Waals surface area contributed by atoms with Gasteiger partial charge in [-0.3, -0.25) is 15.0 Å². The Morgan fingerprint density at radius 2 is 1.91 bits per heavy atom. The fourth-order valence-electron chi connectivity index (χ4n) is 2.87. The number of nitrogens with two attached hydrogens (primary N) is 1. The molecular weight excluding hydrogens is 294 g/mol. The minimum atomic E-state index is -0.445. The third kappa shape index (κ3) is 2.89. The van der Waals surface area contributed by atoms with Gasteiger partial charge in [-0.25, -0.2) is 5.84 Å². The van der Waals surface area contributed by atoms with Crippen molar-refractivity contribution < 1.29 is 14.7 Å². The molecule has 0 radical (unpaired) electrons. The van der Waals surface area contributed by atoms with E-state index in [1.165, 1.54) is 12.1 Å². The fraction of sp³-hybridized carbons (Fsp3) is 0.176. The quantitative estimate of drug-likeness (QED) is 0.452. The first-order chi connectivity index (χ1) is 11.1. The van der Waals surface area contributed by atoms with Crippen LogP contribution in [0.4, 0.5) is 0 Å². The lowest BCUT2D eigenvalue weighted by Gasteiger charge is -2.27. The van der Waals surface area contributed by atoms with Crippen LogP contribution in [0.25, 0.3) is 0 Å². The molecule has 23 heavy (non-hydrogen) atoms. The van der Waals surface area contributed by atoms with Crippen molar-refractivity contribution in [1.29, 1.82) is 0 Å². The molecule has 0 saturated carbocycles. The minimum Gasteiger partial charge on any atom is -0.508 e. The van der Waals surface area contributed by atoms with Crippen molar-refractivity contribution in [3.05, 3.63) is 65.2 Å². The van der Waals surface area contributed by atoms with E-state index in [1.54, 1.807) is 23.1 Å². The molecule has 0 aliphatic carbocycles. The van der Waals surface area contributed by atoms with Gasteiger partial charge in [-0.2, -0.15) is 0 Å². The number of phenols is 1. The molecule has 6 nitrogen and oxygen atoms in total. The molecule has 2 aromatic rings. The molecule has 1 aliphatic heterocycles. The zero-order chi connectivity index (χ0) is 16.4. The molecular formula is C17H17N3O3. The average molecular weight is 311 g/mol. The molecule has 2 amide bonds. The fourth-order valence-corrected chi connectivity index (χ4v) is 2.87. The maximum absolute atomic E-state index is 12.7. The second-order valence-corrected chi connectivity index (χ2v) is 5.47. The molecule has 1 heterocycles. The smallest absolute Gasteiger partial charge is 0.255 e. The summed E-state index contributed by atoms with van der Waals surface area (Å²) in [5.41, 5.74) is 4.48. The first-order valence-electron chi connectivity index (χ1n) is 7.27. The molecule has 1 aliphatic rings. The van der Waals surface area contributed by atoms with Gasteiger partial charge in [0.25, 0.3) is 5.91 Å². The number of benzene rings is 2. The highest BCUT2D eigenvalue weighted by atomic mass is 16.3. The van der Waals surface area contributed by atoms with E-state index >= 15 is 0 Å². The molecule has 3 rings (SSSR count). The number of hydrogen-bond donors (Lipinski definition) is 3. The summed E-state index contributed by atoms with van der Waals surface area (Å²) in [5.74, 6) is 4.87. The summed E-state index contributed by atoms with van der Waals surface area (Å²) in [4.78, 5) is 26.1. The number of carbonyl (C=O) groups excluding carboxylic acids is 2. The number of nitrogens with one attached hydrogen (secondary N) is 1. The van der Waals surface area contributed by atoms with Crippen LogP contribution in [-0.4, -0.2) is 21.8 Å². The van der Waals surface area contributed by atoms with Crippen LogP contribution < -0.4 is 11.3 Å².